The zero-order valence-corrected chi connectivity index (χ0v) is 12.7. The van der Waals surface area contributed by atoms with E-state index in [0.29, 0.717) is 11.1 Å². The highest BCUT2D eigenvalue weighted by Gasteiger charge is 2.12. The van der Waals surface area contributed by atoms with E-state index in [4.69, 9.17) is 4.42 Å². The predicted octanol–water partition coefficient (Wildman–Crippen LogP) is 3.54. The smallest absolute Gasteiger partial charge is 0.345 e. The Hall–Kier alpha value is -3.48. The molecule has 0 aliphatic rings. The minimum atomic E-state index is -0.549. The van der Waals surface area contributed by atoms with Crippen LogP contribution in [0.5, 0.6) is 0 Å². The number of hydrogen-bond acceptors (Lipinski definition) is 6. The fourth-order valence-electron chi connectivity index (χ4n) is 2.20. The number of hydrogen-bond donors (Lipinski definition) is 1. The first-order valence-corrected chi connectivity index (χ1v) is 7.12. The third-order valence-corrected chi connectivity index (χ3v) is 3.44. The molecule has 120 valence electrons. The monoisotopic (exact) mass is 323 g/mol. The van der Waals surface area contributed by atoms with Crippen LogP contribution >= 0.6 is 0 Å². The number of benzene rings is 2. The standard InChI is InChI=1S/C17H13N3O4/c1-11(18-19-13-5-3-2-4-6-13)15-10-12-9-14(20(22)23)7-8-16(12)24-17(15)21/h2-10,19H,1H3. The fraction of sp³-hybridized carbons (Fsp3) is 0.0588. The number of nitro groups is 1. The maximum atomic E-state index is 12.1. The molecule has 0 saturated heterocycles. The average molecular weight is 323 g/mol. The number of hydrazone groups is 1. The quantitative estimate of drug-likeness (QED) is 0.343. The molecule has 24 heavy (non-hydrogen) atoms. The highest BCUT2D eigenvalue weighted by Crippen LogP contribution is 2.20. The highest BCUT2D eigenvalue weighted by atomic mass is 16.6. The van der Waals surface area contributed by atoms with Gasteiger partial charge in [-0.2, -0.15) is 5.10 Å². The first-order valence-electron chi connectivity index (χ1n) is 7.12. The second kappa shape index (κ2) is 6.33. The summed E-state index contributed by atoms with van der Waals surface area (Å²) in [7, 11) is 0. The van der Waals surface area contributed by atoms with Crippen molar-refractivity contribution in [2.45, 2.75) is 6.92 Å². The fourth-order valence-corrected chi connectivity index (χ4v) is 2.20. The van der Waals surface area contributed by atoms with Gasteiger partial charge >= 0.3 is 5.63 Å². The minimum Gasteiger partial charge on any atom is -0.422 e. The van der Waals surface area contributed by atoms with E-state index in [0.717, 1.165) is 5.69 Å². The first kappa shape index (κ1) is 15.4. The maximum Gasteiger partial charge on any atom is 0.345 e. The number of fused-ring (bicyclic) bond motifs is 1. The molecule has 3 aromatic rings. The Morgan fingerprint density at radius 1 is 1.17 bits per heavy atom. The summed E-state index contributed by atoms with van der Waals surface area (Å²) < 4.78 is 5.21. The molecule has 0 atom stereocenters. The Morgan fingerprint density at radius 3 is 2.62 bits per heavy atom. The van der Waals surface area contributed by atoms with Gasteiger partial charge in [-0.1, -0.05) is 18.2 Å². The van der Waals surface area contributed by atoms with E-state index in [1.54, 1.807) is 13.0 Å². The second-order valence-corrected chi connectivity index (χ2v) is 5.10. The molecule has 0 bridgehead atoms. The molecule has 0 fully saturated rings. The second-order valence-electron chi connectivity index (χ2n) is 5.10. The maximum absolute atomic E-state index is 12.1. The van der Waals surface area contributed by atoms with Crippen molar-refractivity contribution in [3.8, 4) is 0 Å². The summed E-state index contributed by atoms with van der Waals surface area (Å²) in [5.74, 6) is 0. The number of anilines is 1. The van der Waals surface area contributed by atoms with Crippen molar-refractivity contribution in [3.05, 3.63) is 80.7 Å². The number of nitrogens with zero attached hydrogens (tertiary/aromatic N) is 2. The summed E-state index contributed by atoms with van der Waals surface area (Å²) in [4.78, 5) is 22.5. The summed E-state index contributed by atoms with van der Waals surface area (Å²) >= 11 is 0. The van der Waals surface area contributed by atoms with Gasteiger partial charge in [-0.05, 0) is 31.2 Å². The molecule has 0 radical (unpaired) electrons. The lowest BCUT2D eigenvalue weighted by molar-refractivity contribution is -0.384. The lowest BCUT2D eigenvalue weighted by atomic mass is 10.1. The van der Waals surface area contributed by atoms with Gasteiger partial charge in [0.05, 0.1) is 21.9 Å². The molecule has 0 aliphatic heterocycles. The number of rotatable bonds is 4. The average Bonchev–Trinajstić information content (AvgIpc) is 2.59. The Balaban J connectivity index is 1.99. The SMILES string of the molecule is CC(=NNc1ccccc1)c1cc2cc([N+](=O)[O-])ccc2oc1=O. The molecule has 0 aliphatic carbocycles. The summed E-state index contributed by atoms with van der Waals surface area (Å²) in [6.45, 7) is 1.66. The largest absolute Gasteiger partial charge is 0.422 e. The summed E-state index contributed by atoms with van der Waals surface area (Å²) in [6, 6.07) is 14.9. The van der Waals surface area contributed by atoms with Crippen molar-refractivity contribution in [3.63, 3.8) is 0 Å². The Morgan fingerprint density at radius 2 is 1.92 bits per heavy atom. The van der Waals surface area contributed by atoms with Gasteiger partial charge in [0.1, 0.15) is 5.58 Å². The van der Waals surface area contributed by atoms with Crippen LogP contribution in [0.3, 0.4) is 0 Å². The van der Waals surface area contributed by atoms with Gasteiger partial charge in [-0.25, -0.2) is 4.79 Å². The molecule has 0 amide bonds. The van der Waals surface area contributed by atoms with Crippen LogP contribution in [0.15, 0.2) is 68.9 Å². The molecular formula is C17H13N3O4. The lowest BCUT2D eigenvalue weighted by Crippen LogP contribution is -2.13. The number of para-hydroxylation sites is 1. The number of nitrogens with one attached hydrogen (secondary N) is 1. The predicted molar refractivity (Wildman–Crippen MR) is 91.4 cm³/mol. The molecule has 1 aromatic heterocycles. The topological polar surface area (TPSA) is 97.7 Å². The van der Waals surface area contributed by atoms with Crippen molar-refractivity contribution >= 4 is 28.1 Å². The molecule has 7 heteroatoms. The zero-order valence-electron chi connectivity index (χ0n) is 12.7. The molecule has 0 spiro atoms. The normalized spacial score (nSPS) is 11.5. The van der Waals surface area contributed by atoms with E-state index < -0.39 is 10.5 Å². The van der Waals surface area contributed by atoms with Gasteiger partial charge in [0.25, 0.3) is 5.69 Å². The summed E-state index contributed by atoms with van der Waals surface area (Å²) in [6.07, 6.45) is 0. The molecular weight excluding hydrogens is 310 g/mol. The molecule has 2 aromatic carbocycles. The lowest BCUT2D eigenvalue weighted by Gasteiger charge is -2.04. The van der Waals surface area contributed by atoms with E-state index in [1.807, 2.05) is 30.3 Å². The third kappa shape index (κ3) is 3.14. The van der Waals surface area contributed by atoms with Gasteiger partial charge in [-0.3, -0.25) is 15.5 Å². The van der Waals surface area contributed by atoms with E-state index in [1.165, 1.54) is 18.2 Å². The Labute approximate surface area is 136 Å². The van der Waals surface area contributed by atoms with Crippen molar-refractivity contribution in [2.75, 3.05) is 5.43 Å². The van der Waals surface area contributed by atoms with Crippen LogP contribution in [0.25, 0.3) is 11.0 Å². The Kier molecular flexibility index (Phi) is 4.07. The third-order valence-electron chi connectivity index (χ3n) is 3.44. The van der Waals surface area contributed by atoms with Crippen LogP contribution in [0.4, 0.5) is 11.4 Å². The van der Waals surface area contributed by atoms with Crippen molar-refractivity contribution in [2.24, 2.45) is 5.10 Å². The van der Waals surface area contributed by atoms with Crippen LogP contribution in [-0.2, 0) is 0 Å². The van der Waals surface area contributed by atoms with Crippen molar-refractivity contribution in [1.82, 2.24) is 0 Å². The van der Waals surface area contributed by atoms with Crippen molar-refractivity contribution < 1.29 is 9.34 Å². The van der Waals surface area contributed by atoms with Gasteiger partial charge in [0.2, 0.25) is 0 Å². The van der Waals surface area contributed by atoms with Crippen LogP contribution in [0.2, 0.25) is 0 Å². The van der Waals surface area contributed by atoms with Gasteiger partial charge in [0, 0.05) is 17.5 Å². The van der Waals surface area contributed by atoms with Crippen LogP contribution in [0, 0.1) is 10.1 Å². The van der Waals surface area contributed by atoms with E-state index >= 15 is 0 Å². The summed E-state index contributed by atoms with van der Waals surface area (Å²) in [5, 5.41) is 15.5. The van der Waals surface area contributed by atoms with E-state index in [2.05, 4.69) is 10.5 Å². The first-order chi connectivity index (χ1) is 11.5. The number of nitro benzene ring substituents is 1. The van der Waals surface area contributed by atoms with Gasteiger partial charge in [-0.15, -0.1) is 0 Å². The highest BCUT2D eigenvalue weighted by molar-refractivity contribution is 6.01. The van der Waals surface area contributed by atoms with Gasteiger partial charge in [0.15, 0.2) is 0 Å². The minimum absolute atomic E-state index is 0.0701. The molecule has 0 unspecified atom stereocenters. The van der Waals surface area contributed by atoms with Crippen LogP contribution < -0.4 is 11.1 Å². The summed E-state index contributed by atoms with van der Waals surface area (Å²) in [5.41, 5.74) is 3.95. The van der Waals surface area contributed by atoms with E-state index in [9.17, 15) is 14.9 Å². The molecule has 7 nitrogen and oxygen atoms in total. The van der Waals surface area contributed by atoms with Gasteiger partial charge < -0.3 is 4.42 Å². The zero-order chi connectivity index (χ0) is 17.1. The van der Waals surface area contributed by atoms with E-state index in [-0.39, 0.29) is 16.8 Å². The molecule has 0 saturated carbocycles. The molecule has 3 rings (SSSR count). The van der Waals surface area contributed by atoms with Crippen LogP contribution in [-0.4, -0.2) is 10.6 Å². The molecule has 1 heterocycles. The Bertz CT molecular complexity index is 994. The number of non-ortho nitro benzene ring substituents is 1. The van der Waals surface area contributed by atoms with Crippen molar-refractivity contribution in [1.29, 1.82) is 0 Å². The molecule has 1 N–H and O–H groups in total. The van der Waals surface area contributed by atoms with Crippen LogP contribution in [0.1, 0.15) is 12.5 Å².